The first kappa shape index (κ1) is 19.3. The molecular weight excluding hydrogens is 402 g/mol. The number of hydrogen-bond acceptors (Lipinski definition) is 7. The molecule has 0 aliphatic rings. The van der Waals surface area contributed by atoms with Gasteiger partial charge in [-0.05, 0) is 35.9 Å². The molecule has 0 radical (unpaired) electrons. The van der Waals surface area contributed by atoms with Gasteiger partial charge in [0, 0.05) is 24.2 Å². The van der Waals surface area contributed by atoms with Crippen LogP contribution in [-0.2, 0) is 6.54 Å². The van der Waals surface area contributed by atoms with Gasteiger partial charge in [0.25, 0.3) is 11.6 Å². The highest BCUT2D eigenvalue weighted by atomic mass is 32.1. The fourth-order valence-electron chi connectivity index (χ4n) is 2.86. The van der Waals surface area contributed by atoms with Crippen LogP contribution in [0.2, 0.25) is 0 Å². The zero-order valence-electron chi connectivity index (χ0n) is 15.7. The number of benzene rings is 3. The quantitative estimate of drug-likeness (QED) is 0.237. The van der Waals surface area contributed by atoms with Gasteiger partial charge in [0.1, 0.15) is 0 Å². The van der Waals surface area contributed by atoms with E-state index in [0.29, 0.717) is 34.1 Å². The highest BCUT2D eigenvalue weighted by Crippen LogP contribution is 2.29. The number of hydrogen-bond donors (Lipinski definition) is 3. The summed E-state index contributed by atoms with van der Waals surface area (Å²) in [7, 11) is 0. The molecule has 30 heavy (non-hydrogen) atoms. The van der Waals surface area contributed by atoms with Gasteiger partial charge in [0.15, 0.2) is 5.13 Å². The molecule has 9 heteroatoms. The number of non-ortho nitro benzene ring substituents is 1. The molecule has 1 amide bonds. The lowest BCUT2D eigenvalue weighted by molar-refractivity contribution is -0.384. The van der Waals surface area contributed by atoms with Gasteiger partial charge >= 0.3 is 0 Å². The van der Waals surface area contributed by atoms with E-state index in [1.165, 1.54) is 23.5 Å². The fraction of sp³-hybridized carbons (Fsp3) is 0.0476. The lowest BCUT2D eigenvalue weighted by atomic mass is 10.1. The maximum Gasteiger partial charge on any atom is 0.270 e. The van der Waals surface area contributed by atoms with Crippen LogP contribution in [0.5, 0.6) is 0 Å². The molecule has 8 nitrogen and oxygen atoms in total. The molecule has 0 bridgehead atoms. The average Bonchev–Trinajstić information content (AvgIpc) is 3.16. The number of nitrogens with two attached hydrogens (primary N) is 1. The van der Waals surface area contributed by atoms with Crippen LogP contribution in [0.1, 0.15) is 15.9 Å². The number of nitrogens with zero attached hydrogens (tertiary/aromatic N) is 2. The van der Waals surface area contributed by atoms with Crippen molar-refractivity contribution >= 4 is 49.7 Å². The number of amides is 1. The molecule has 1 aromatic heterocycles. The van der Waals surface area contributed by atoms with Crippen LogP contribution in [0.4, 0.5) is 22.2 Å². The first-order chi connectivity index (χ1) is 14.5. The molecule has 0 unspecified atom stereocenters. The van der Waals surface area contributed by atoms with Crippen LogP contribution >= 0.6 is 11.3 Å². The molecule has 0 atom stereocenters. The van der Waals surface area contributed by atoms with Gasteiger partial charge in [-0.1, -0.05) is 35.6 Å². The number of carbonyl (C=O) groups is 1. The van der Waals surface area contributed by atoms with E-state index in [9.17, 15) is 14.9 Å². The minimum Gasteiger partial charge on any atom is -0.397 e. The predicted octanol–water partition coefficient (Wildman–Crippen LogP) is 4.65. The van der Waals surface area contributed by atoms with E-state index in [4.69, 9.17) is 5.73 Å². The van der Waals surface area contributed by atoms with Gasteiger partial charge in [-0.3, -0.25) is 14.9 Å². The van der Waals surface area contributed by atoms with Crippen molar-refractivity contribution in [2.75, 3.05) is 16.4 Å². The van der Waals surface area contributed by atoms with Crippen LogP contribution in [-0.4, -0.2) is 15.8 Å². The average molecular weight is 419 g/mol. The summed E-state index contributed by atoms with van der Waals surface area (Å²) in [6.07, 6.45) is 0. The molecule has 0 saturated carbocycles. The summed E-state index contributed by atoms with van der Waals surface area (Å²) in [6.45, 7) is 0.509. The van der Waals surface area contributed by atoms with Crippen LogP contribution < -0.4 is 16.4 Å². The number of nitro groups is 1. The van der Waals surface area contributed by atoms with E-state index in [1.807, 2.05) is 12.1 Å². The highest BCUT2D eigenvalue weighted by molar-refractivity contribution is 7.22. The summed E-state index contributed by atoms with van der Waals surface area (Å²) in [5, 5.41) is 17.6. The van der Waals surface area contributed by atoms with Crippen molar-refractivity contribution in [3.63, 3.8) is 0 Å². The number of nitrogens with one attached hydrogen (secondary N) is 2. The Bertz CT molecular complexity index is 1240. The standard InChI is InChI=1S/C21H17N5O3S/c22-16-3-1-2-4-17(16)24-20(27)14-7-5-13(6-8-14)12-23-21-25-18-10-9-15(26(28)29)11-19(18)30-21/h1-11H,12,22H2,(H,23,25)(H,24,27). The SMILES string of the molecule is Nc1ccccc1NC(=O)c1ccc(CNc2nc3ccc([N+](=O)[O-])cc3s2)cc1. The van der Waals surface area contributed by atoms with Crippen LogP contribution in [0.3, 0.4) is 0 Å². The van der Waals surface area contributed by atoms with E-state index in [0.717, 1.165) is 10.3 Å². The Kier molecular flexibility index (Phi) is 5.27. The number of anilines is 3. The molecule has 0 fully saturated rings. The number of thiazole rings is 1. The highest BCUT2D eigenvalue weighted by Gasteiger charge is 2.11. The van der Waals surface area contributed by atoms with Crippen LogP contribution in [0, 0.1) is 10.1 Å². The number of para-hydroxylation sites is 2. The molecule has 0 spiro atoms. The molecule has 0 saturated heterocycles. The molecule has 0 aliphatic carbocycles. The molecule has 3 aromatic carbocycles. The fourth-order valence-corrected chi connectivity index (χ4v) is 3.75. The van der Waals surface area contributed by atoms with E-state index in [-0.39, 0.29) is 11.6 Å². The summed E-state index contributed by atoms with van der Waals surface area (Å²) < 4.78 is 0.749. The van der Waals surface area contributed by atoms with Gasteiger partial charge < -0.3 is 16.4 Å². The van der Waals surface area contributed by atoms with Gasteiger partial charge in [-0.15, -0.1) is 0 Å². The van der Waals surface area contributed by atoms with E-state index < -0.39 is 4.92 Å². The first-order valence-electron chi connectivity index (χ1n) is 9.03. The third kappa shape index (κ3) is 4.20. The topological polar surface area (TPSA) is 123 Å². The summed E-state index contributed by atoms with van der Waals surface area (Å²) in [5.41, 5.74) is 9.18. The van der Waals surface area contributed by atoms with Crippen molar-refractivity contribution in [3.05, 3.63) is 88.0 Å². The number of aromatic nitrogens is 1. The Balaban J connectivity index is 1.40. The number of carbonyl (C=O) groups excluding carboxylic acids is 1. The largest absolute Gasteiger partial charge is 0.397 e. The second-order valence-electron chi connectivity index (χ2n) is 6.52. The van der Waals surface area contributed by atoms with Crippen molar-refractivity contribution in [1.82, 2.24) is 4.98 Å². The lowest BCUT2D eigenvalue weighted by Crippen LogP contribution is -2.13. The third-order valence-corrected chi connectivity index (χ3v) is 5.43. The second-order valence-corrected chi connectivity index (χ2v) is 7.55. The maximum atomic E-state index is 12.4. The zero-order valence-corrected chi connectivity index (χ0v) is 16.5. The van der Waals surface area contributed by atoms with Crippen LogP contribution in [0.25, 0.3) is 10.2 Å². The van der Waals surface area contributed by atoms with Crippen LogP contribution in [0.15, 0.2) is 66.7 Å². The van der Waals surface area contributed by atoms with E-state index in [2.05, 4.69) is 15.6 Å². The Morgan fingerprint density at radius 3 is 2.60 bits per heavy atom. The molecule has 4 rings (SSSR count). The predicted molar refractivity (Wildman–Crippen MR) is 119 cm³/mol. The van der Waals surface area contributed by atoms with Crippen molar-refractivity contribution < 1.29 is 9.72 Å². The zero-order chi connectivity index (χ0) is 21.1. The van der Waals surface area contributed by atoms with Gasteiger partial charge in [-0.25, -0.2) is 4.98 Å². The van der Waals surface area contributed by atoms with Gasteiger partial charge in [-0.2, -0.15) is 0 Å². The van der Waals surface area contributed by atoms with Crippen molar-refractivity contribution in [1.29, 1.82) is 0 Å². The van der Waals surface area contributed by atoms with Crippen molar-refractivity contribution in [3.8, 4) is 0 Å². The Morgan fingerprint density at radius 2 is 1.87 bits per heavy atom. The molecule has 4 aromatic rings. The summed E-state index contributed by atoms with van der Waals surface area (Å²) in [5.74, 6) is -0.236. The Hall–Kier alpha value is -3.98. The normalized spacial score (nSPS) is 10.7. The summed E-state index contributed by atoms with van der Waals surface area (Å²) in [6, 6.07) is 18.9. The summed E-state index contributed by atoms with van der Waals surface area (Å²) >= 11 is 1.36. The minimum atomic E-state index is -0.421. The smallest absolute Gasteiger partial charge is 0.270 e. The number of rotatable bonds is 6. The Labute approximate surface area is 175 Å². The molecule has 1 heterocycles. The number of fused-ring (bicyclic) bond motifs is 1. The van der Waals surface area contributed by atoms with Crippen molar-refractivity contribution in [2.45, 2.75) is 6.54 Å². The molecule has 150 valence electrons. The number of nitro benzene ring substituents is 1. The second kappa shape index (κ2) is 8.18. The monoisotopic (exact) mass is 419 g/mol. The molecular formula is C21H17N5O3S. The number of nitrogen functional groups attached to an aromatic ring is 1. The Morgan fingerprint density at radius 1 is 1.10 bits per heavy atom. The molecule has 4 N–H and O–H groups in total. The summed E-state index contributed by atoms with van der Waals surface area (Å²) in [4.78, 5) is 27.3. The first-order valence-corrected chi connectivity index (χ1v) is 9.85. The van der Waals surface area contributed by atoms with Gasteiger partial charge in [0.2, 0.25) is 0 Å². The van der Waals surface area contributed by atoms with Gasteiger partial charge in [0.05, 0.1) is 26.5 Å². The van der Waals surface area contributed by atoms with E-state index in [1.54, 1.807) is 42.5 Å². The van der Waals surface area contributed by atoms with E-state index >= 15 is 0 Å². The third-order valence-electron chi connectivity index (χ3n) is 4.45. The minimum absolute atomic E-state index is 0.0452. The lowest BCUT2D eigenvalue weighted by Gasteiger charge is -2.08. The van der Waals surface area contributed by atoms with Crippen molar-refractivity contribution in [2.24, 2.45) is 0 Å². The molecule has 0 aliphatic heterocycles. The maximum absolute atomic E-state index is 12.4.